The van der Waals surface area contributed by atoms with Gasteiger partial charge in [-0.25, -0.2) is 0 Å². The maximum atomic E-state index is 11.7. The second-order valence-electron chi connectivity index (χ2n) is 9.86. The molecule has 2 fully saturated rings. The van der Waals surface area contributed by atoms with Gasteiger partial charge in [-0.15, -0.1) is 0 Å². The lowest BCUT2D eigenvalue weighted by atomic mass is 9.82. The fraction of sp³-hybridized carbons (Fsp3) is 0.519. The number of amides is 1. The number of carbonyl (C=O) groups excluding carboxylic acids is 1. The normalized spacial score (nSPS) is 23.3. The van der Waals surface area contributed by atoms with Crippen molar-refractivity contribution in [2.24, 2.45) is 11.7 Å². The van der Waals surface area contributed by atoms with Crippen LogP contribution in [0.2, 0.25) is 10.0 Å². The number of hydrogen-bond donors (Lipinski definition) is 2. The van der Waals surface area contributed by atoms with Crippen molar-refractivity contribution in [1.82, 2.24) is 4.90 Å². The van der Waals surface area contributed by atoms with Crippen LogP contribution in [0.3, 0.4) is 0 Å². The number of halogens is 2. The third-order valence-electron chi connectivity index (χ3n) is 7.55. The maximum absolute atomic E-state index is 11.7. The lowest BCUT2D eigenvalue weighted by molar-refractivity contribution is -0.123. The van der Waals surface area contributed by atoms with Crippen LogP contribution in [0.25, 0.3) is 0 Å². The molecule has 1 aliphatic heterocycles. The number of nitrogens with zero attached hydrogens (tertiary/aromatic N) is 1. The molecular formula is C27H35Cl2N3O. The van der Waals surface area contributed by atoms with E-state index in [1.807, 2.05) is 19.1 Å². The molecule has 1 amide bonds. The average Bonchev–Trinajstić information content (AvgIpc) is 2.80. The fourth-order valence-corrected chi connectivity index (χ4v) is 6.12. The van der Waals surface area contributed by atoms with E-state index in [1.165, 1.54) is 12.0 Å². The number of benzene rings is 2. The number of primary amides is 1. The van der Waals surface area contributed by atoms with Crippen LogP contribution in [-0.2, 0) is 4.79 Å². The van der Waals surface area contributed by atoms with Gasteiger partial charge >= 0.3 is 0 Å². The minimum absolute atomic E-state index is 0.0513. The van der Waals surface area contributed by atoms with E-state index in [9.17, 15) is 4.79 Å². The predicted octanol–water partition coefficient (Wildman–Crippen LogP) is 6.70. The van der Waals surface area contributed by atoms with Gasteiger partial charge in [-0.1, -0.05) is 47.8 Å². The molecule has 4 rings (SSSR count). The SMILES string of the molecule is Cc1ccc(C(C)Nc2cc(C3CCN([C@@H]4CCC[C@@H](C(N)=O)C4)CC3)ccc2Cl)c(Cl)c1. The number of aryl methyl sites for hydroxylation is 1. The van der Waals surface area contributed by atoms with Crippen molar-refractivity contribution in [2.45, 2.75) is 70.4 Å². The van der Waals surface area contributed by atoms with E-state index < -0.39 is 0 Å². The highest BCUT2D eigenvalue weighted by atomic mass is 35.5. The first-order valence-electron chi connectivity index (χ1n) is 12.2. The third-order valence-corrected chi connectivity index (χ3v) is 8.21. The largest absolute Gasteiger partial charge is 0.377 e. The Morgan fingerprint density at radius 2 is 1.82 bits per heavy atom. The van der Waals surface area contributed by atoms with Crippen molar-refractivity contribution < 1.29 is 4.79 Å². The highest BCUT2D eigenvalue weighted by molar-refractivity contribution is 6.33. The van der Waals surface area contributed by atoms with Crippen molar-refractivity contribution in [2.75, 3.05) is 18.4 Å². The molecule has 1 saturated carbocycles. The first-order valence-corrected chi connectivity index (χ1v) is 12.9. The third kappa shape index (κ3) is 5.85. The molecule has 0 spiro atoms. The molecule has 1 unspecified atom stereocenters. The number of carbonyl (C=O) groups is 1. The number of rotatable bonds is 6. The molecule has 2 aliphatic rings. The Kier molecular flexibility index (Phi) is 7.88. The molecule has 1 saturated heterocycles. The van der Waals surface area contributed by atoms with Crippen molar-refractivity contribution in [3.8, 4) is 0 Å². The van der Waals surface area contributed by atoms with Crippen LogP contribution >= 0.6 is 23.2 Å². The summed E-state index contributed by atoms with van der Waals surface area (Å²) in [6.07, 6.45) is 6.41. The zero-order valence-corrected chi connectivity index (χ0v) is 21.1. The summed E-state index contributed by atoms with van der Waals surface area (Å²) in [7, 11) is 0. The Bertz CT molecular complexity index is 987. The number of nitrogens with one attached hydrogen (secondary N) is 1. The second kappa shape index (κ2) is 10.7. The highest BCUT2D eigenvalue weighted by Crippen LogP contribution is 2.37. The van der Waals surface area contributed by atoms with Gasteiger partial charge in [-0.2, -0.15) is 0 Å². The van der Waals surface area contributed by atoms with E-state index in [1.54, 1.807) is 0 Å². The van der Waals surface area contributed by atoms with Crippen LogP contribution in [0, 0.1) is 12.8 Å². The Labute approximate surface area is 207 Å². The molecule has 3 N–H and O–H groups in total. The van der Waals surface area contributed by atoms with Gasteiger partial charge in [0, 0.05) is 17.0 Å². The smallest absolute Gasteiger partial charge is 0.220 e. The van der Waals surface area contributed by atoms with Gasteiger partial charge in [0.1, 0.15) is 0 Å². The number of likely N-dealkylation sites (tertiary alicyclic amines) is 1. The van der Waals surface area contributed by atoms with Gasteiger partial charge in [-0.05, 0) is 99.8 Å². The molecule has 1 aliphatic carbocycles. The molecule has 2 aromatic rings. The maximum Gasteiger partial charge on any atom is 0.220 e. The van der Waals surface area contributed by atoms with E-state index in [2.05, 4.69) is 41.4 Å². The molecule has 6 heteroatoms. The van der Waals surface area contributed by atoms with Crippen LogP contribution in [-0.4, -0.2) is 29.9 Å². The lowest BCUT2D eigenvalue weighted by Gasteiger charge is -2.41. The first-order chi connectivity index (χ1) is 15.8. The quantitative estimate of drug-likeness (QED) is 0.476. The van der Waals surface area contributed by atoms with E-state index in [0.29, 0.717) is 12.0 Å². The van der Waals surface area contributed by atoms with Gasteiger partial charge in [-0.3, -0.25) is 4.79 Å². The van der Waals surface area contributed by atoms with E-state index >= 15 is 0 Å². The minimum atomic E-state index is -0.128. The summed E-state index contributed by atoms with van der Waals surface area (Å²) in [5, 5.41) is 5.07. The van der Waals surface area contributed by atoms with Gasteiger partial charge in [0.25, 0.3) is 0 Å². The topological polar surface area (TPSA) is 58.4 Å². The van der Waals surface area contributed by atoms with Crippen LogP contribution < -0.4 is 11.1 Å². The summed E-state index contributed by atoms with van der Waals surface area (Å²) >= 11 is 13.0. The standard InChI is InChI=1S/C27H35Cl2N3O/c1-17-6-8-23(25(29)14-17)18(2)31-26-16-20(7-9-24(26)28)19-10-12-32(13-11-19)22-5-3-4-21(15-22)27(30)33/h6-9,14,16,18-19,21-22,31H,3-5,10-13,15H2,1-2H3,(H2,30,33)/t18?,21-,22-/m1/s1. The number of hydrogen-bond acceptors (Lipinski definition) is 3. The number of anilines is 1. The van der Waals surface area contributed by atoms with Crippen LogP contribution in [0.4, 0.5) is 5.69 Å². The van der Waals surface area contributed by atoms with Crippen molar-refractivity contribution in [1.29, 1.82) is 0 Å². The monoisotopic (exact) mass is 487 g/mol. The van der Waals surface area contributed by atoms with Crippen LogP contribution in [0.15, 0.2) is 36.4 Å². The van der Waals surface area contributed by atoms with E-state index in [4.69, 9.17) is 28.9 Å². The molecule has 2 aromatic carbocycles. The molecular weight excluding hydrogens is 453 g/mol. The van der Waals surface area contributed by atoms with Crippen molar-refractivity contribution in [3.63, 3.8) is 0 Å². The summed E-state index contributed by atoms with van der Waals surface area (Å²) in [4.78, 5) is 14.2. The summed E-state index contributed by atoms with van der Waals surface area (Å²) in [6, 6.07) is 13.1. The molecule has 178 valence electrons. The zero-order chi connectivity index (χ0) is 23.5. The molecule has 0 aromatic heterocycles. The van der Waals surface area contributed by atoms with Crippen molar-refractivity contribution in [3.05, 3.63) is 63.1 Å². The summed E-state index contributed by atoms with van der Waals surface area (Å²) < 4.78 is 0. The fourth-order valence-electron chi connectivity index (χ4n) is 5.55. The summed E-state index contributed by atoms with van der Waals surface area (Å²) in [5.41, 5.74) is 10.1. The Morgan fingerprint density at radius 3 is 2.52 bits per heavy atom. The Hall–Kier alpha value is -1.75. The second-order valence-corrected chi connectivity index (χ2v) is 10.7. The van der Waals surface area contributed by atoms with Crippen LogP contribution in [0.1, 0.15) is 74.1 Å². The van der Waals surface area contributed by atoms with E-state index in [0.717, 1.165) is 72.1 Å². The molecule has 0 bridgehead atoms. The summed E-state index contributed by atoms with van der Waals surface area (Å²) in [6.45, 7) is 6.30. The van der Waals surface area contributed by atoms with Gasteiger partial charge < -0.3 is 16.0 Å². The van der Waals surface area contributed by atoms with Gasteiger partial charge in [0.05, 0.1) is 16.8 Å². The number of piperidine rings is 1. The van der Waals surface area contributed by atoms with Gasteiger partial charge in [0.2, 0.25) is 5.91 Å². The zero-order valence-electron chi connectivity index (χ0n) is 19.6. The predicted molar refractivity (Wildman–Crippen MR) is 138 cm³/mol. The van der Waals surface area contributed by atoms with E-state index in [-0.39, 0.29) is 17.9 Å². The first kappa shape index (κ1) is 24.4. The van der Waals surface area contributed by atoms with Gasteiger partial charge in [0.15, 0.2) is 0 Å². The molecule has 0 radical (unpaired) electrons. The van der Waals surface area contributed by atoms with Crippen molar-refractivity contribution >= 4 is 34.8 Å². The highest BCUT2D eigenvalue weighted by Gasteiger charge is 2.32. The Morgan fingerprint density at radius 1 is 1.06 bits per heavy atom. The van der Waals surface area contributed by atoms with Crippen LogP contribution in [0.5, 0.6) is 0 Å². The molecule has 1 heterocycles. The summed E-state index contributed by atoms with van der Waals surface area (Å²) in [5.74, 6) is 0.445. The lowest BCUT2D eigenvalue weighted by Crippen LogP contribution is -2.45. The number of nitrogens with two attached hydrogens (primary N) is 1. The molecule has 33 heavy (non-hydrogen) atoms. The Balaban J connectivity index is 1.39. The average molecular weight is 489 g/mol. The molecule has 4 nitrogen and oxygen atoms in total. The minimum Gasteiger partial charge on any atom is -0.377 e. The molecule has 3 atom stereocenters.